The maximum absolute atomic E-state index is 12.3. The van der Waals surface area contributed by atoms with Crippen LogP contribution in [0.4, 0.5) is 5.95 Å². The Kier molecular flexibility index (Phi) is 5.40. The zero-order valence-electron chi connectivity index (χ0n) is 14.1. The van der Waals surface area contributed by atoms with Crippen molar-refractivity contribution in [3.05, 3.63) is 36.7 Å². The first-order chi connectivity index (χ1) is 11.8. The zero-order valence-corrected chi connectivity index (χ0v) is 14.1. The van der Waals surface area contributed by atoms with Crippen LogP contribution in [0.5, 0.6) is 0 Å². The fourth-order valence-corrected chi connectivity index (χ4v) is 3.11. The van der Waals surface area contributed by atoms with Crippen molar-refractivity contribution in [3.63, 3.8) is 0 Å². The van der Waals surface area contributed by atoms with Gasteiger partial charge in [0, 0.05) is 63.3 Å². The lowest BCUT2D eigenvalue weighted by Crippen LogP contribution is -2.48. The van der Waals surface area contributed by atoms with Crippen LogP contribution in [0.3, 0.4) is 0 Å². The maximum Gasteiger partial charge on any atom is 0.225 e. The molecule has 0 aliphatic carbocycles. The van der Waals surface area contributed by atoms with E-state index in [9.17, 15) is 4.79 Å². The first-order valence-electron chi connectivity index (χ1n) is 8.57. The molecule has 24 heavy (non-hydrogen) atoms. The highest BCUT2D eigenvalue weighted by atomic mass is 16.1. The number of hydrogen-bond acceptors (Lipinski definition) is 5. The summed E-state index contributed by atoms with van der Waals surface area (Å²) in [7, 11) is 0. The minimum Gasteiger partial charge on any atom is -0.352 e. The molecule has 2 aromatic rings. The molecule has 1 amide bonds. The van der Waals surface area contributed by atoms with E-state index in [0.717, 1.165) is 44.1 Å². The Labute approximate surface area is 142 Å². The first kappa shape index (κ1) is 16.4. The van der Waals surface area contributed by atoms with Gasteiger partial charge in [-0.25, -0.2) is 15.0 Å². The number of piperidine rings is 1. The van der Waals surface area contributed by atoms with Gasteiger partial charge in [0.1, 0.15) is 5.82 Å². The van der Waals surface area contributed by atoms with Crippen molar-refractivity contribution in [2.24, 2.45) is 0 Å². The lowest BCUT2D eigenvalue weighted by Gasteiger charge is -2.33. The number of hydrogen-bond donors (Lipinski definition) is 1. The Balaban J connectivity index is 1.49. The van der Waals surface area contributed by atoms with Crippen molar-refractivity contribution >= 4 is 11.9 Å². The molecule has 3 heterocycles. The maximum atomic E-state index is 12.3. The number of imidazole rings is 1. The van der Waals surface area contributed by atoms with Crippen molar-refractivity contribution < 1.29 is 4.79 Å². The number of aromatic nitrogens is 4. The fraction of sp³-hybridized carbons (Fsp3) is 0.529. The summed E-state index contributed by atoms with van der Waals surface area (Å²) in [4.78, 5) is 27.3. The van der Waals surface area contributed by atoms with Crippen LogP contribution in [0.15, 0.2) is 30.9 Å². The summed E-state index contributed by atoms with van der Waals surface area (Å²) < 4.78 is 2.05. The van der Waals surface area contributed by atoms with E-state index >= 15 is 0 Å². The Bertz CT molecular complexity index is 656. The number of rotatable bonds is 6. The molecule has 128 valence electrons. The van der Waals surface area contributed by atoms with Crippen molar-refractivity contribution in [2.45, 2.75) is 45.2 Å². The fourth-order valence-electron chi connectivity index (χ4n) is 3.11. The van der Waals surface area contributed by atoms with E-state index in [-0.39, 0.29) is 11.9 Å². The predicted octanol–water partition coefficient (Wildman–Crippen LogP) is 1.41. The lowest BCUT2D eigenvalue weighted by atomic mass is 10.1. The summed E-state index contributed by atoms with van der Waals surface area (Å²) in [5.41, 5.74) is 0. The van der Waals surface area contributed by atoms with E-state index in [2.05, 4.69) is 32.1 Å². The van der Waals surface area contributed by atoms with Gasteiger partial charge in [0.15, 0.2) is 0 Å². The number of nitrogens with zero attached hydrogens (tertiary/aromatic N) is 5. The van der Waals surface area contributed by atoms with E-state index < -0.39 is 0 Å². The van der Waals surface area contributed by atoms with Crippen LogP contribution in [-0.4, -0.2) is 44.6 Å². The molecule has 0 aromatic carbocycles. The molecule has 0 unspecified atom stereocenters. The third kappa shape index (κ3) is 4.10. The van der Waals surface area contributed by atoms with E-state index in [4.69, 9.17) is 0 Å². The van der Waals surface area contributed by atoms with Crippen LogP contribution < -0.4 is 10.2 Å². The van der Waals surface area contributed by atoms with Gasteiger partial charge in [-0.05, 0) is 18.9 Å². The molecule has 1 N–H and O–H groups in total. The predicted molar refractivity (Wildman–Crippen MR) is 91.6 cm³/mol. The molecular formula is C17H24N6O. The Hall–Kier alpha value is -2.44. The SMILES string of the molecule is CCc1nccn1CCC(=O)N[C@@H]1CCCN(c2ncccn2)C1. The summed E-state index contributed by atoms with van der Waals surface area (Å²) in [5.74, 6) is 1.85. The minimum atomic E-state index is 0.0894. The number of aryl methyl sites for hydroxylation is 2. The highest BCUT2D eigenvalue weighted by Gasteiger charge is 2.22. The van der Waals surface area contributed by atoms with Crippen LogP contribution >= 0.6 is 0 Å². The monoisotopic (exact) mass is 328 g/mol. The largest absolute Gasteiger partial charge is 0.352 e. The van der Waals surface area contributed by atoms with Gasteiger partial charge >= 0.3 is 0 Å². The molecule has 0 spiro atoms. The second-order valence-corrected chi connectivity index (χ2v) is 6.04. The molecule has 1 atom stereocenters. The summed E-state index contributed by atoms with van der Waals surface area (Å²) in [5, 5.41) is 3.15. The molecule has 2 aromatic heterocycles. The average Bonchev–Trinajstić information content (AvgIpc) is 3.08. The summed E-state index contributed by atoms with van der Waals surface area (Å²) in [6.45, 7) is 4.45. The molecule has 7 nitrogen and oxygen atoms in total. The van der Waals surface area contributed by atoms with Gasteiger partial charge in [-0.2, -0.15) is 0 Å². The summed E-state index contributed by atoms with van der Waals surface area (Å²) in [6.07, 6.45) is 10.6. The lowest BCUT2D eigenvalue weighted by molar-refractivity contribution is -0.122. The molecule has 0 saturated carbocycles. The third-order valence-electron chi connectivity index (χ3n) is 4.32. The second-order valence-electron chi connectivity index (χ2n) is 6.04. The molecular weight excluding hydrogens is 304 g/mol. The Morgan fingerprint density at radius 1 is 1.29 bits per heavy atom. The van der Waals surface area contributed by atoms with Crippen molar-refractivity contribution in [1.29, 1.82) is 0 Å². The third-order valence-corrected chi connectivity index (χ3v) is 4.32. The first-order valence-corrected chi connectivity index (χ1v) is 8.57. The Morgan fingerprint density at radius 2 is 2.12 bits per heavy atom. The molecule has 0 bridgehead atoms. The van der Waals surface area contributed by atoms with Crippen molar-refractivity contribution in [3.8, 4) is 0 Å². The zero-order chi connectivity index (χ0) is 16.8. The van der Waals surface area contributed by atoms with Crippen LogP contribution in [0.25, 0.3) is 0 Å². The topological polar surface area (TPSA) is 75.9 Å². The summed E-state index contributed by atoms with van der Waals surface area (Å²) in [6, 6.07) is 1.97. The van der Waals surface area contributed by atoms with Crippen LogP contribution in [0.1, 0.15) is 32.0 Å². The molecule has 1 saturated heterocycles. The van der Waals surface area contributed by atoms with Gasteiger partial charge < -0.3 is 14.8 Å². The molecule has 1 aliphatic heterocycles. The molecule has 1 fully saturated rings. The van der Waals surface area contributed by atoms with Gasteiger partial charge in [0.2, 0.25) is 11.9 Å². The van der Waals surface area contributed by atoms with E-state index in [1.807, 2.05) is 16.8 Å². The molecule has 7 heteroatoms. The Morgan fingerprint density at radius 3 is 2.92 bits per heavy atom. The molecule has 0 radical (unpaired) electrons. The van der Waals surface area contributed by atoms with Crippen LogP contribution in [-0.2, 0) is 17.8 Å². The normalized spacial score (nSPS) is 17.7. The summed E-state index contributed by atoms with van der Waals surface area (Å²) >= 11 is 0. The van der Waals surface area contributed by atoms with Gasteiger partial charge in [-0.1, -0.05) is 6.92 Å². The van der Waals surface area contributed by atoms with E-state index in [1.54, 1.807) is 18.6 Å². The van der Waals surface area contributed by atoms with Gasteiger partial charge in [0.05, 0.1) is 0 Å². The standard InChI is InChI=1S/C17H24N6O/c1-2-15-18-9-12-22(15)11-6-16(24)21-14-5-3-10-23(13-14)17-19-7-4-8-20-17/h4,7-9,12,14H,2-3,5-6,10-11,13H2,1H3,(H,21,24)/t14-/m1/s1. The number of carbonyl (C=O) groups excluding carboxylic acids is 1. The van der Waals surface area contributed by atoms with Gasteiger partial charge in [0.25, 0.3) is 0 Å². The van der Waals surface area contributed by atoms with Gasteiger partial charge in [-0.15, -0.1) is 0 Å². The van der Waals surface area contributed by atoms with Crippen molar-refractivity contribution in [1.82, 2.24) is 24.8 Å². The second kappa shape index (κ2) is 7.90. The molecule has 1 aliphatic rings. The van der Waals surface area contributed by atoms with Crippen molar-refractivity contribution in [2.75, 3.05) is 18.0 Å². The number of amides is 1. The van der Waals surface area contributed by atoms with Gasteiger partial charge in [-0.3, -0.25) is 4.79 Å². The number of anilines is 1. The van der Waals surface area contributed by atoms with E-state index in [1.165, 1.54) is 0 Å². The molecule has 3 rings (SSSR count). The van der Waals surface area contributed by atoms with Crippen LogP contribution in [0.2, 0.25) is 0 Å². The number of nitrogens with one attached hydrogen (secondary N) is 1. The number of carbonyl (C=O) groups is 1. The van der Waals surface area contributed by atoms with Crippen LogP contribution in [0, 0.1) is 0 Å². The van der Waals surface area contributed by atoms with E-state index in [0.29, 0.717) is 13.0 Å². The quantitative estimate of drug-likeness (QED) is 0.868. The minimum absolute atomic E-state index is 0.0894. The smallest absolute Gasteiger partial charge is 0.225 e. The average molecular weight is 328 g/mol. The highest BCUT2D eigenvalue weighted by Crippen LogP contribution is 2.15. The highest BCUT2D eigenvalue weighted by molar-refractivity contribution is 5.76.